The zero-order chi connectivity index (χ0) is 13.9. The smallest absolute Gasteiger partial charge is 0.157 e. The zero-order valence-corrected chi connectivity index (χ0v) is 13.4. The van der Waals surface area contributed by atoms with Crippen LogP contribution in [0.1, 0.15) is 0 Å². The SMILES string of the molecule is Clc1ccc2oc3c(Cl)c(Cl)c(Cl)c(Cl)c3c2c1Cl. The Labute approximate surface area is 137 Å². The van der Waals surface area contributed by atoms with Gasteiger partial charge >= 0.3 is 0 Å². The molecule has 0 aliphatic rings. The first-order valence-corrected chi connectivity index (χ1v) is 7.22. The molecule has 1 aromatic heterocycles. The van der Waals surface area contributed by atoms with Crippen LogP contribution in [0, 0.1) is 0 Å². The van der Waals surface area contributed by atoms with Crippen LogP contribution in [-0.4, -0.2) is 0 Å². The molecule has 1 nitrogen and oxygen atoms in total. The number of hydrogen-bond donors (Lipinski definition) is 0. The minimum Gasteiger partial charge on any atom is -0.454 e. The quantitative estimate of drug-likeness (QED) is 0.293. The Bertz CT molecular complexity index is 836. The van der Waals surface area contributed by atoms with E-state index in [0.29, 0.717) is 32.0 Å². The predicted molar refractivity (Wildman–Crippen MR) is 83.8 cm³/mol. The van der Waals surface area contributed by atoms with Gasteiger partial charge in [-0.05, 0) is 12.1 Å². The van der Waals surface area contributed by atoms with Crippen LogP contribution in [0.3, 0.4) is 0 Å². The molecule has 0 atom stereocenters. The lowest BCUT2D eigenvalue weighted by molar-refractivity contribution is 0.669. The monoisotopic (exact) mass is 372 g/mol. The van der Waals surface area contributed by atoms with Crippen molar-refractivity contribution in [1.82, 2.24) is 0 Å². The van der Waals surface area contributed by atoms with Gasteiger partial charge in [-0.1, -0.05) is 69.6 Å². The third kappa shape index (κ3) is 1.91. The maximum Gasteiger partial charge on any atom is 0.157 e. The van der Waals surface area contributed by atoms with Crippen molar-refractivity contribution in [2.75, 3.05) is 0 Å². The van der Waals surface area contributed by atoms with Gasteiger partial charge in [-0.3, -0.25) is 0 Å². The Hall–Kier alpha value is -0.0200. The molecule has 0 fully saturated rings. The van der Waals surface area contributed by atoms with Gasteiger partial charge in [0.1, 0.15) is 10.6 Å². The van der Waals surface area contributed by atoms with Crippen LogP contribution in [0.5, 0.6) is 0 Å². The molecule has 0 amide bonds. The summed E-state index contributed by atoms with van der Waals surface area (Å²) in [5, 5.41) is 2.49. The van der Waals surface area contributed by atoms with Crippen molar-refractivity contribution in [2.24, 2.45) is 0 Å². The number of furan rings is 1. The van der Waals surface area contributed by atoms with E-state index in [4.69, 9.17) is 74.0 Å². The van der Waals surface area contributed by atoms with E-state index in [1.807, 2.05) is 0 Å². The van der Waals surface area contributed by atoms with E-state index in [9.17, 15) is 0 Å². The summed E-state index contributed by atoms with van der Waals surface area (Å²) in [6.07, 6.45) is 0. The van der Waals surface area contributed by atoms with Crippen molar-refractivity contribution in [3.8, 4) is 0 Å². The molecule has 0 radical (unpaired) electrons. The standard InChI is InChI=1S/C12H2Cl6O/c13-3-1-2-4-5(7(3)14)6-8(15)9(16)10(17)11(18)12(6)19-4/h1-2H. The molecule has 0 bridgehead atoms. The van der Waals surface area contributed by atoms with E-state index in [2.05, 4.69) is 0 Å². The number of halogens is 6. The molecule has 0 aliphatic carbocycles. The molecular formula is C12H2Cl6O. The molecule has 0 N–H and O–H groups in total. The average Bonchev–Trinajstić information content (AvgIpc) is 2.78. The third-order valence-corrected chi connectivity index (χ3v) is 5.33. The van der Waals surface area contributed by atoms with Crippen LogP contribution in [-0.2, 0) is 0 Å². The van der Waals surface area contributed by atoms with Crippen LogP contribution in [0.4, 0.5) is 0 Å². The maximum atomic E-state index is 6.21. The van der Waals surface area contributed by atoms with Crippen molar-refractivity contribution in [1.29, 1.82) is 0 Å². The Kier molecular flexibility index (Phi) is 3.50. The number of rotatable bonds is 0. The topological polar surface area (TPSA) is 13.1 Å². The van der Waals surface area contributed by atoms with Crippen LogP contribution in [0.2, 0.25) is 30.1 Å². The summed E-state index contributed by atoms with van der Waals surface area (Å²) < 4.78 is 5.63. The summed E-state index contributed by atoms with van der Waals surface area (Å²) in [7, 11) is 0. The Balaban J connectivity index is 2.69. The van der Waals surface area contributed by atoms with Gasteiger partial charge in [0.05, 0.1) is 30.5 Å². The minimum absolute atomic E-state index is 0.141. The lowest BCUT2D eigenvalue weighted by Crippen LogP contribution is -1.78. The molecule has 1 heterocycles. The molecule has 0 saturated heterocycles. The Morgan fingerprint density at radius 3 is 1.95 bits per heavy atom. The Morgan fingerprint density at radius 2 is 1.26 bits per heavy atom. The van der Waals surface area contributed by atoms with Gasteiger partial charge in [0.2, 0.25) is 0 Å². The van der Waals surface area contributed by atoms with Crippen LogP contribution < -0.4 is 0 Å². The lowest BCUT2D eigenvalue weighted by atomic mass is 10.1. The molecular weight excluding hydrogens is 373 g/mol. The van der Waals surface area contributed by atoms with Gasteiger partial charge < -0.3 is 4.42 Å². The second-order valence-electron chi connectivity index (χ2n) is 3.80. The fraction of sp³-hybridized carbons (Fsp3) is 0. The average molecular weight is 375 g/mol. The van der Waals surface area contributed by atoms with Crippen molar-refractivity contribution >= 4 is 91.5 Å². The van der Waals surface area contributed by atoms with Crippen molar-refractivity contribution in [2.45, 2.75) is 0 Å². The highest BCUT2D eigenvalue weighted by atomic mass is 35.5. The third-order valence-electron chi connectivity index (χ3n) is 2.74. The summed E-state index contributed by atoms with van der Waals surface area (Å²) in [4.78, 5) is 0. The van der Waals surface area contributed by atoms with Gasteiger partial charge in [-0.15, -0.1) is 0 Å². The summed E-state index contributed by atoms with van der Waals surface area (Å²) in [5.74, 6) is 0. The molecule has 3 rings (SSSR count). The second kappa shape index (κ2) is 4.77. The second-order valence-corrected chi connectivity index (χ2v) is 6.09. The summed E-state index contributed by atoms with van der Waals surface area (Å²) >= 11 is 36.6. The van der Waals surface area contributed by atoms with Crippen molar-refractivity contribution in [3.63, 3.8) is 0 Å². The molecule has 0 spiro atoms. The fourth-order valence-electron chi connectivity index (χ4n) is 1.89. The molecule has 0 unspecified atom stereocenters. The number of fused-ring (bicyclic) bond motifs is 3. The summed E-state index contributed by atoms with van der Waals surface area (Å²) in [6, 6.07) is 3.30. The summed E-state index contributed by atoms with van der Waals surface area (Å²) in [5.41, 5.74) is 0.840. The molecule has 0 aliphatic heterocycles. The number of hydrogen-bond acceptors (Lipinski definition) is 1. The van der Waals surface area contributed by atoms with E-state index in [-0.39, 0.29) is 20.1 Å². The molecule has 19 heavy (non-hydrogen) atoms. The first-order chi connectivity index (χ1) is 8.93. The van der Waals surface area contributed by atoms with E-state index >= 15 is 0 Å². The molecule has 98 valence electrons. The molecule has 2 aromatic carbocycles. The van der Waals surface area contributed by atoms with E-state index in [0.717, 1.165) is 0 Å². The van der Waals surface area contributed by atoms with Gasteiger partial charge in [-0.2, -0.15) is 0 Å². The maximum absolute atomic E-state index is 6.21. The van der Waals surface area contributed by atoms with E-state index < -0.39 is 0 Å². The minimum atomic E-state index is 0.141. The first-order valence-electron chi connectivity index (χ1n) is 4.95. The lowest BCUT2D eigenvalue weighted by Gasteiger charge is -2.04. The molecule has 0 saturated carbocycles. The van der Waals surface area contributed by atoms with Gasteiger partial charge in [0, 0.05) is 5.39 Å². The highest BCUT2D eigenvalue weighted by Gasteiger charge is 2.22. The Morgan fingerprint density at radius 1 is 0.632 bits per heavy atom. The fourth-order valence-corrected chi connectivity index (χ4v) is 3.27. The highest BCUT2D eigenvalue weighted by molar-refractivity contribution is 6.57. The highest BCUT2D eigenvalue weighted by Crippen LogP contribution is 2.49. The van der Waals surface area contributed by atoms with Crippen LogP contribution >= 0.6 is 69.6 Å². The van der Waals surface area contributed by atoms with Gasteiger partial charge in [0.25, 0.3) is 0 Å². The van der Waals surface area contributed by atoms with Crippen molar-refractivity contribution in [3.05, 3.63) is 42.3 Å². The van der Waals surface area contributed by atoms with Crippen LogP contribution in [0.25, 0.3) is 21.9 Å². The molecule has 3 aromatic rings. The van der Waals surface area contributed by atoms with Crippen molar-refractivity contribution < 1.29 is 4.42 Å². The van der Waals surface area contributed by atoms with Gasteiger partial charge in [-0.25, -0.2) is 0 Å². The van der Waals surface area contributed by atoms with E-state index in [1.165, 1.54) is 0 Å². The largest absolute Gasteiger partial charge is 0.454 e. The first kappa shape index (κ1) is 13.9. The normalized spacial score (nSPS) is 11.7. The van der Waals surface area contributed by atoms with E-state index in [1.54, 1.807) is 12.1 Å². The summed E-state index contributed by atoms with van der Waals surface area (Å²) in [6.45, 7) is 0. The number of benzene rings is 2. The van der Waals surface area contributed by atoms with Crippen LogP contribution in [0.15, 0.2) is 16.5 Å². The zero-order valence-electron chi connectivity index (χ0n) is 8.83. The molecule has 7 heteroatoms. The van der Waals surface area contributed by atoms with Gasteiger partial charge in [0.15, 0.2) is 5.58 Å². The predicted octanol–water partition coefficient (Wildman–Crippen LogP) is 7.51.